The Labute approximate surface area is 390 Å². The lowest BCUT2D eigenvalue weighted by molar-refractivity contribution is -0.887. The molecule has 8 heteroatoms. The SMILES string of the molecule is CCCCCCCCC/C=C/CCCCCCCC(=O)OC(COCCC(C(=O)O)[N+](C)(C)C)COC(=O)CCCCCCCCC/C=C/CCCCCCCCCCCCCC. The summed E-state index contributed by atoms with van der Waals surface area (Å²) in [6.07, 6.45) is 53.8. The number of carbonyl (C=O) groups is 3. The summed E-state index contributed by atoms with van der Waals surface area (Å²) in [4.78, 5) is 37.2. The first-order valence-electron chi connectivity index (χ1n) is 26.9. The van der Waals surface area contributed by atoms with Crippen LogP contribution in [0.3, 0.4) is 0 Å². The number of carboxylic acids is 1. The van der Waals surface area contributed by atoms with E-state index < -0.39 is 18.1 Å². The minimum atomic E-state index is -0.874. The molecule has 2 atom stereocenters. The van der Waals surface area contributed by atoms with E-state index in [0.29, 0.717) is 19.3 Å². The zero-order chi connectivity index (χ0) is 46.3. The third-order valence-corrected chi connectivity index (χ3v) is 12.3. The molecule has 0 aliphatic rings. The number of unbranched alkanes of at least 4 members (excludes halogenated alkanes) is 31. The van der Waals surface area contributed by atoms with Crippen molar-refractivity contribution >= 4 is 17.9 Å². The van der Waals surface area contributed by atoms with Crippen molar-refractivity contribution < 1.29 is 38.2 Å². The fraction of sp³-hybridized carbons (Fsp3) is 0.873. The molecule has 0 aliphatic carbocycles. The van der Waals surface area contributed by atoms with Gasteiger partial charge in [-0.15, -0.1) is 0 Å². The van der Waals surface area contributed by atoms with Crippen LogP contribution in [-0.2, 0) is 28.6 Å². The largest absolute Gasteiger partial charge is 0.477 e. The van der Waals surface area contributed by atoms with Gasteiger partial charge in [-0.1, -0.05) is 199 Å². The van der Waals surface area contributed by atoms with Crippen LogP contribution in [-0.4, -0.2) is 80.6 Å². The molecule has 0 amide bonds. The molecule has 0 aromatic heterocycles. The number of hydrogen-bond acceptors (Lipinski definition) is 6. The van der Waals surface area contributed by atoms with Gasteiger partial charge in [0.05, 0.1) is 34.4 Å². The van der Waals surface area contributed by atoms with E-state index in [-0.39, 0.29) is 36.2 Å². The third kappa shape index (κ3) is 44.8. The van der Waals surface area contributed by atoms with E-state index in [0.717, 1.165) is 51.4 Å². The standard InChI is InChI=1S/C55H103NO7/c1-6-8-10-12-14-16-18-20-22-24-25-26-27-28-29-30-32-33-35-37-39-41-43-45-53(57)62-50-51(49-61-48-47-52(55(59)60)56(3,4)5)63-54(58)46-44-42-40-38-36-34-31-23-21-19-17-15-13-11-9-7-2/h23,28-29,31,51-52H,6-22,24-27,30,32-50H2,1-5H3/p+1/b29-28+,31-23+. The monoisotopic (exact) mass is 891 g/mol. The summed E-state index contributed by atoms with van der Waals surface area (Å²) in [6.45, 7) is 4.76. The summed E-state index contributed by atoms with van der Waals surface area (Å²) in [5.74, 6) is -1.47. The highest BCUT2D eigenvalue weighted by Gasteiger charge is 2.31. The van der Waals surface area contributed by atoms with E-state index in [4.69, 9.17) is 14.2 Å². The van der Waals surface area contributed by atoms with Gasteiger partial charge in [0.25, 0.3) is 0 Å². The number of quaternary nitrogens is 1. The van der Waals surface area contributed by atoms with E-state index in [2.05, 4.69) is 38.2 Å². The first-order valence-corrected chi connectivity index (χ1v) is 26.9. The molecule has 0 heterocycles. The number of likely N-dealkylation sites (N-methyl/N-ethyl adjacent to an activating group) is 1. The molecule has 1 N–H and O–H groups in total. The number of carbonyl (C=O) groups excluding carboxylic acids is 2. The summed E-state index contributed by atoms with van der Waals surface area (Å²) >= 11 is 0. The number of esters is 2. The van der Waals surface area contributed by atoms with Crippen LogP contribution in [0, 0.1) is 0 Å². The number of ether oxygens (including phenoxy) is 3. The van der Waals surface area contributed by atoms with E-state index in [9.17, 15) is 19.5 Å². The molecule has 0 fully saturated rings. The zero-order valence-electron chi connectivity index (χ0n) is 42.3. The predicted molar refractivity (Wildman–Crippen MR) is 266 cm³/mol. The first-order chi connectivity index (χ1) is 30.6. The fourth-order valence-electron chi connectivity index (χ4n) is 8.14. The number of allylic oxidation sites excluding steroid dienone is 4. The van der Waals surface area contributed by atoms with E-state index in [1.165, 1.54) is 173 Å². The molecule has 0 aromatic rings. The molecule has 0 spiro atoms. The zero-order valence-corrected chi connectivity index (χ0v) is 42.3. The lowest BCUT2D eigenvalue weighted by Gasteiger charge is -2.31. The Kier molecular flexibility index (Phi) is 44.7. The van der Waals surface area contributed by atoms with Gasteiger partial charge in [-0.05, 0) is 64.2 Å². The van der Waals surface area contributed by atoms with Crippen LogP contribution in [0.2, 0.25) is 0 Å². The van der Waals surface area contributed by atoms with Crippen LogP contribution in [0.5, 0.6) is 0 Å². The maximum absolute atomic E-state index is 12.8. The molecule has 8 nitrogen and oxygen atoms in total. The maximum atomic E-state index is 12.8. The van der Waals surface area contributed by atoms with E-state index >= 15 is 0 Å². The van der Waals surface area contributed by atoms with Gasteiger partial charge < -0.3 is 23.8 Å². The van der Waals surface area contributed by atoms with Crippen LogP contribution in [0.4, 0.5) is 0 Å². The lowest BCUT2D eigenvalue weighted by atomic mass is 10.0. The molecule has 370 valence electrons. The van der Waals surface area contributed by atoms with Crippen molar-refractivity contribution in [2.45, 2.75) is 270 Å². The van der Waals surface area contributed by atoms with Gasteiger partial charge in [-0.2, -0.15) is 0 Å². The Bertz CT molecular complexity index is 1080. The molecule has 0 aromatic carbocycles. The molecular weight excluding hydrogens is 787 g/mol. The average molecular weight is 891 g/mol. The molecule has 0 saturated heterocycles. The third-order valence-electron chi connectivity index (χ3n) is 12.3. The summed E-state index contributed by atoms with van der Waals surface area (Å²) in [7, 11) is 5.54. The smallest absolute Gasteiger partial charge is 0.362 e. The molecule has 0 rings (SSSR count). The van der Waals surface area contributed by atoms with Crippen LogP contribution in [0.15, 0.2) is 24.3 Å². The number of nitrogens with zero attached hydrogens (tertiary/aromatic N) is 1. The van der Waals surface area contributed by atoms with Crippen LogP contribution < -0.4 is 0 Å². The maximum Gasteiger partial charge on any atom is 0.362 e. The van der Waals surface area contributed by atoms with Gasteiger partial charge >= 0.3 is 17.9 Å². The van der Waals surface area contributed by atoms with Gasteiger partial charge in [0.1, 0.15) is 6.61 Å². The molecule has 0 radical (unpaired) electrons. The molecular formula is C55H104NO7+. The van der Waals surface area contributed by atoms with E-state index in [1.54, 1.807) is 0 Å². The second kappa shape index (κ2) is 46.3. The predicted octanol–water partition coefficient (Wildman–Crippen LogP) is 15.6. The molecule has 0 aliphatic heterocycles. The fourth-order valence-corrected chi connectivity index (χ4v) is 8.14. The first kappa shape index (κ1) is 60.8. The van der Waals surface area contributed by atoms with Crippen molar-refractivity contribution in [1.29, 1.82) is 0 Å². The highest BCUT2D eigenvalue weighted by atomic mass is 16.6. The summed E-state index contributed by atoms with van der Waals surface area (Å²) in [6, 6.07) is -0.615. The average Bonchev–Trinajstić information content (AvgIpc) is 3.24. The van der Waals surface area contributed by atoms with Crippen LogP contribution in [0.25, 0.3) is 0 Å². The van der Waals surface area contributed by atoms with Gasteiger partial charge in [0, 0.05) is 19.3 Å². The molecule has 63 heavy (non-hydrogen) atoms. The Morgan fingerprint density at radius 1 is 0.460 bits per heavy atom. The van der Waals surface area contributed by atoms with Crippen molar-refractivity contribution in [2.75, 3.05) is 41.0 Å². The Morgan fingerprint density at radius 2 is 0.794 bits per heavy atom. The van der Waals surface area contributed by atoms with Crippen molar-refractivity contribution in [3.63, 3.8) is 0 Å². The number of aliphatic carboxylic acids is 1. The quantitative estimate of drug-likeness (QED) is 0.0281. The second-order valence-electron chi connectivity index (χ2n) is 19.5. The Hall–Kier alpha value is -2.19. The summed E-state index contributed by atoms with van der Waals surface area (Å²) in [5, 5.41) is 9.65. The summed E-state index contributed by atoms with van der Waals surface area (Å²) in [5.41, 5.74) is 0. The lowest BCUT2D eigenvalue weighted by Crippen LogP contribution is -2.50. The summed E-state index contributed by atoms with van der Waals surface area (Å²) < 4.78 is 17.4. The minimum absolute atomic E-state index is 0.0530. The normalized spacial score (nSPS) is 13.0. The molecule has 0 saturated carbocycles. The minimum Gasteiger partial charge on any atom is -0.477 e. The van der Waals surface area contributed by atoms with Crippen molar-refractivity contribution in [3.8, 4) is 0 Å². The number of hydrogen-bond donors (Lipinski definition) is 1. The van der Waals surface area contributed by atoms with Crippen LogP contribution >= 0.6 is 0 Å². The Balaban J connectivity index is 4.18. The van der Waals surface area contributed by atoms with Crippen molar-refractivity contribution in [3.05, 3.63) is 24.3 Å². The van der Waals surface area contributed by atoms with Gasteiger partial charge in [0.2, 0.25) is 0 Å². The molecule has 2 unspecified atom stereocenters. The topological polar surface area (TPSA) is 99.1 Å². The molecule has 0 bridgehead atoms. The Morgan fingerprint density at radius 3 is 1.14 bits per heavy atom. The van der Waals surface area contributed by atoms with Crippen molar-refractivity contribution in [1.82, 2.24) is 0 Å². The number of rotatable bonds is 49. The van der Waals surface area contributed by atoms with Crippen LogP contribution in [0.1, 0.15) is 258 Å². The van der Waals surface area contributed by atoms with E-state index in [1.807, 2.05) is 21.1 Å². The van der Waals surface area contributed by atoms with Gasteiger partial charge in [0.15, 0.2) is 12.1 Å². The highest BCUT2D eigenvalue weighted by molar-refractivity contribution is 5.72. The van der Waals surface area contributed by atoms with Gasteiger partial charge in [-0.25, -0.2) is 4.79 Å². The van der Waals surface area contributed by atoms with Crippen molar-refractivity contribution in [2.24, 2.45) is 0 Å². The number of carboxylic acid groups (broad SMARTS) is 1. The van der Waals surface area contributed by atoms with Gasteiger partial charge in [-0.3, -0.25) is 9.59 Å². The second-order valence-corrected chi connectivity index (χ2v) is 19.5. The highest BCUT2D eigenvalue weighted by Crippen LogP contribution is 2.16.